The lowest BCUT2D eigenvalue weighted by molar-refractivity contribution is -0.137. The summed E-state index contributed by atoms with van der Waals surface area (Å²) in [4.78, 5) is 12.2. The van der Waals surface area contributed by atoms with Crippen molar-refractivity contribution < 1.29 is 35.9 Å². The molecule has 11 heteroatoms. The number of alkyl halides is 3. The maximum absolute atomic E-state index is 12.9. The second kappa shape index (κ2) is 10.0. The number of halogens is 3. The smallest absolute Gasteiger partial charge is 0.416 e. The first-order valence-electron chi connectivity index (χ1n) is 9.89. The van der Waals surface area contributed by atoms with Crippen molar-refractivity contribution in [2.75, 3.05) is 17.1 Å². The molecule has 1 amide bonds. The standard InChI is InChI=1S/C23H21F3N2O5S/c1-15(33-20-8-4-7-19(14-20)32-2)22(29)27-17-9-11-21(12-10-17)34(30,31)28-18-6-3-5-16(13-18)23(24,25)26/h3-15,28H,1-2H3,(H,27,29)/t15-/m0/s1. The van der Waals surface area contributed by atoms with Crippen molar-refractivity contribution in [2.45, 2.75) is 24.1 Å². The molecule has 34 heavy (non-hydrogen) atoms. The Kier molecular flexibility index (Phi) is 7.35. The van der Waals surface area contributed by atoms with E-state index in [0.717, 1.165) is 12.1 Å². The van der Waals surface area contributed by atoms with Gasteiger partial charge < -0.3 is 14.8 Å². The van der Waals surface area contributed by atoms with E-state index in [9.17, 15) is 26.4 Å². The first-order valence-corrected chi connectivity index (χ1v) is 11.4. The second-order valence-electron chi connectivity index (χ2n) is 7.14. The van der Waals surface area contributed by atoms with Crippen LogP contribution in [0.3, 0.4) is 0 Å². The van der Waals surface area contributed by atoms with E-state index in [1.807, 2.05) is 0 Å². The molecule has 0 aliphatic heterocycles. The number of carbonyl (C=O) groups excluding carboxylic acids is 1. The van der Waals surface area contributed by atoms with E-state index in [-0.39, 0.29) is 10.6 Å². The summed E-state index contributed by atoms with van der Waals surface area (Å²) in [5, 5.41) is 2.61. The summed E-state index contributed by atoms with van der Waals surface area (Å²) < 4.78 is 76.5. The van der Waals surface area contributed by atoms with Gasteiger partial charge in [-0.15, -0.1) is 0 Å². The van der Waals surface area contributed by atoms with Crippen molar-refractivity contribution in [3.8, 4) is 11.5 Å². The van der Waals surface area contributed by atoms with Crippen LogP contribution in [0.15, 0.2) is 77.7 Å². The Hall–Kier alpha value is -3.73. The molecule has 0 bridgehead atoms. The summed E-state index contributed by atoms with van der Waals surface area (Å²) in [5.41, 5.74) is -0.893. The fourth-order valence-electron chi connectivity index (χ4n) is 2.87. The monoisotopic (exact) mass is 494 g/mol. The number of nitrogens with one attached hydrogen (secondary N) is 2. The number of methoxy groups -OCH3 is 1. The van der Waals surface area contributed by atoms with Crippen molar-refractivity contribution in [1.29, 1.82) is 0 Å². The van der Waals surface area contributed by atoms with Crippen LogP contribution in [0.2, 0.25) is 0 Å². The van der Waals surface area contributed by atoms with Crippen molar-refractivity contribution in [3.63, 3.8) is 0 Å². The number of benzene rings is 3. The number of amides is 1. The molecule has 0 fully saturated rings. The number of hydrogen-bond donors (Lipinski definition) is 2. The van der Waals surface area contributed by atoms with Gasteiger partial charge in [-0.3, -0.25) is 9.52 Å². The quantitative estimate of drug-likeness (QED) is 0.464. The molecule has 0 spiro atoms. The Morgan fingerprint density at radius 3 is 2.21 bits per heavy atom. The molecule has 0 saturated carbocycles. The predicted molar refractivity (Wildman–Crippen MR) is 120 cm³/mol. The summed E-state index contributed by atoms with van der Waals surface area (Å²) in [6.07, 6.45) is -5.47. The Morgan fingerprint density at radius 1 is 0.912 bits per heavy atom. The van der Waals surface area contributed by atoms with Gasteiger partial charge in [0.2, 0.25) is 0 Å². The second-order valence-corrected chi connectivity index (χ2v) is 8.82. The average Bonchev–Trinajstić information content (AvgIpc) is 2.79. The molecule has 3 rings (SSSR count). The Morgan fingerprint density at radius 2 is 1.56 bits per heavy atom. The molecule has 3 aromatic rings. The van der Waals surface area contributed by atoms with E-state index < -0.39 is 33.8 Å². The van der Waals surface area contributed by atoms with E-state index in [0.29, 0.717) is 23.3 Å². The topological polar surface area (TPSA) is 93.7 Å². The van der Waals surface area contributed by atoms with Crippen LogP contribution in [-0.4, -0.2) is 27.5 Å². The van der Waals surface area contributed by atoms with Gasteiger partial charge in [0.15, 0.2) is 6.10 Å². The lowest BCUT2D eigenvalue weighted by Crippen LogP contribution is -2.30. The van der Waals surface area contributed by atoms with Crippen LogP contribution in [0.25, 0.3) is 0 Å². The van der Waals surface area contributed by atoms with Crippen LogP contribution >= 0.6 is 0 Å². The van der Waals surface area contributed by atoms with Gasteiger partial charge >= 0.3 is 6.18 Å². The van der Waals surface area contributed by atoms with Gasteiger partial charge in [-0.05, 0) is 61.5 Å². The van der Waals surface area contributed by atoms with Gasteiger partial charge in [0.25, 0.3) is 15.9 Å². The number of hydrogen-bond acceptors (Lipinski definition) is 5. The molecule has 0 heterocycles. The lowest BCUT2D eigenvalue weighted by Gasteiger charge is -2.15. The molecular weight excluding hydrogens is 473 g/mol. The van der Waals surface area contributed by atoms with Crippen LogP contribution in [0.4, 0.5) is 24.5 Å². The summed E-state index contributed by atoms with van der Waals surface area (Å²) >= 11 is 0. The molecule has 3 aromatic carbocycles. The van der Waals surface area contributed by atoms with Crippen LogP contribution in [-0.2, 0) is 21.0 Å². The average molecular weight is 494 g/mol. The Balaban J connectivity index is 1.65. The molecule has 2 N–H and O–H groups in total. The number of rotatable bonds is 8. The van der Waals surface area contributed by atoms with Gasteiger partial charge in [0, 0.05) is 17.4 Å². The summed E-state index contributed by atoms with van der Waals surface area (Å²) in [6, 6.07) is 15.8. The molecule has 0 aliphatic rings. The highest BCUT2D eigenvalue weighted by molar-refractivity contribution is 7.92. The first kappa shape index (κ1) is 24.9. The molecule has 0 aliphatic carbocycles. The molecule has 0 radical (unpaired) electrons. The van der Waals surface area contributed by atoms with Crippen LogP contribution in [0, 0.1) is 0 Å². The lowest BCUT2D eigenvalue weighted by atomic mass is 10.2. The molecule has 180 valence electrons. The van der Waals surface area contributed by atoms with E-state index >= 15 is 0 Å². The molecule has 7 nitrogen and oxygen atoms in total. The Labute approximate surface area is 194 Å². The van der Waals surface area contributed by atoms with E-state index in [1.54, 1.807) is 31.2 Å². The van der Waals surface area contributed by atoms with Gasteiger partial charge in [-0.2, -0.15) is 13.2 Å². The summed E-state index contributed by atoms with van der Waals surface area (Å²) in [6.45, 7) is 1.55. The minimum Gasteiger partial charge on any atom is -0.497 e. The number of anilines is 2. The van der Waals surface area contributed by atoms with Crippen molar-refractivity contribution >= 4 is 27.3 Å². The first-order chi connectivity index (χ1) is 16.0. The van der Waals surface area contributed by atoms with Crippen molar-refractivity contribution in [1.82, 2.24) is 0 Å². The van der Waals surface area contributed by atoms with Crippen molar-refractivity contribution in [3.05, 3.63) is 78.4 Å². The number of sulfonamides is 1. The maximum Gasteiger partial charge on any atom is 0.416 e. The maximum atomic E-state index is 12.9. The third-order valence-electron chi connectivity index (χ3n) is 4.60. The molecule has 0 aromatic heterocycles. The van der Waals surface area contributed by atoms with Gasteiger partial charge in [-0.25, -0.2) is 8.42 Å². The third-order valence-corrected chi connectivity index (χ3v) is 5.99. The zero-order valence-electron chi connectivity index (χ0n) is 18.1. The van der Waals surface area contributed by atoms with Gasteiger partial charge in [-0.1, -0.05) is 12.1 Å². The van der Waals surface area contributed by atoms with Gasteiger partial charge in [0.05, 0.1) is 17.6 Å². The minimum atomic E-state index is -4.60. The van der Waals surface area contributed by atoms with Gasteiger partial charge in [0.1, 0.15) is 11.5 Å². The van der Waals surface area contributed by atoms with Crippen LogP contribution in [0.1, 0.15) is 12.5 Å². The predicted octanol–water partition coefficient (Wildman–Crippen LogP) is 4.92. The zero-order valence-corrected chi connectivity index (χ0v) is 18.9. The largest absolute Gasteiger partial charge is 0.497 e. The summed E-state index contributed by atoms with van der Waals surface area (Å²) in [7, 11) is -2.64. The number of carbonyl (C=O) groups is 1. The highest BCUT2D eigenvalue weighted by atomic mass is 32.2. The fraction of sp³-hybridized carbons (Fsp3) is 0.174. The van der Waals surface area contributed by atoms with Crippen molar-refractivity contribution in [2.24, 2.45) is 0 Å². The zero-order chi connectivity index (χ0) is 24.9. The molecular formula is C23H21F3N2O5S. The highest BCUT2D eigenvalue weighted by Crippen LogP contribution is 2.31. The van der Waals surface area contributed by atoms with Crippen LogP contribution in [0.5, 0.6) is 11.5 Å². The Bertz CT molecular complexity index is 1260. The van der Waals surface area contributed by atoms with E-state index in [4.69, 9.17) is 9.47 Å². The fourth-order valence-corrected chi connectivity index (χ4v) is 3.92. The highest BCUT2D eigenvalue weighted by Gasteiger charge is 2.30. The molecule has 0 saturated heterocycles. The SMILES string of the molecule is COc1cccc(O[C@@H](C)C(=O)Nc2ccc(S(=O)(=O)Nc3cccc(C(F)(F)F)c3)cc2)c1. The van der Waals surface area contributed by atoms with Crippen LogP contribution < -0.4 is 19.5 Å². The minimum absolute atomic E-state index is 0.191. The third kappa shape index (κ3) is 6.41. The number of ether oxygens (including phenoxy) is 2. The molecule has 0 unspecified atom stereocenters. The normalized spacial score (nSPS) is 12.5. The summed E-state index contributed by atoms with van der Waals surface area (Å²) in [5.74, 6) is 0.533. The van der Waals surface area contributed by atoms with E-state index in [2.05, 4.69) is 10.0 Å². The van der Waals surface area contributed by atoms with E-state index in [1.165, 1.54) is 37.4 Å². The molecule has 1 atom stereocenters.